The van der Waals surface area contributed by atoms with Gasteiger partial charge in [-0.15, -0.1) is 5.10 Å². The number of fused-ring (bicyclic) bond motifs is 1. The molecular formula is C10H18N4O. The largest absolute Gasteiger partial charge is 0.382 e. The molecule has 0 amide bonds. The molecule has 1 aliphatic rings. The van der Waals surface area contributed by atoms with Gasteiger partial charge in [-0.05, 0) is 6.42 Å². The molecule has 1 aromatic rings. The molecule has 1 aromatic heterocycles. The summed E-state index contributed by atoms with van der Waals surface area (Å²) < 4.78 is 7.25. The molecule has 1 atom stereocenters. The maximum atomic E-state index is 5.21. The Bertz CT molecular complexity index is 323. The Hall–Kier alpha value is -0.940. The van der Waals surface area contributed by atoms with Crippen molar-refractivity contribution >= 4 is 0 Å². The zero-order chi connectivity index (χ0) is 10.7. The molecule has 84 valence electrons. The molecule has 15 heavy (non-hydrogen) atoms. The molecule has 0 radical (unpaired) electrons. The van der Waals surface area contributed by atoms with E-state index in [0.717, 1.165) is 31.6 Å². The highest BCUT2D eigenvalue weighted by Crippen LogP contribution is 2.18. The molecule has 0 fully saturated rings. The van der Waals surface area contributed by atoms with Crippen LogP contribution in [0.5, 0.6) is 0 Å². The van der Waals surface area contributed by atoms with Crippen LogP contribution in [-0.2, 0) is 17.7 Å². The third-order valence-electron chi connectivity index (χ3n) is 2.88. The van der Waals surface area contributed by atoms with Crippen LogP contribution in [0.1, 0.15) is 30.8 Å². The summed E-state index contributed by atoms with van der Waals surface area (Å²) in [6.45, 7) is 4.72. The van der Waals surface area contributed by atoms with Crippen LogP contribution < -0.4 is 5.32 Å². The Morgan fingerprint density at radius 1 is 1.60 bits per heavy atom. The van der Waals surface area contributed by atoms with Gasteiger partial charge in [0, 0.05) is 26.6 Å². The number of ether oxygens (including phenoxy) is 1. The first-order valence-electron chi connectivity index (χ1n) is 5.49. The van der Waals surface area contributed by atoms with E-state index in [4.69, 9.17) is 4.74 Å². The van der Waals surface area contributed by atoms with E-state index in [-0.39, 0.29) is 0 Å². The maximum Gasteiger partial charge on any atom is 0.0997 e. The predicted molar refractivity (Wildman–Crippen MR) is 56.6 cm³/mol. The lowest BCUT2D eigenvalue weighted by Gasteiger charge is -2.19. The highest BCUT2D eigenvalue weighted by Gasteiger charge is 2.20. The Balaban J connectivity index is 2.22. The van der Waals surface area contributed by atoms with Gasteiger partial charge in [0.15, 0.2) is 0 Å². The summed E-state index contributed by atoms with van der Waals surface area (Å²) in [5.41, 5.74) is 2.37. The van der Waals surface area contributed by atoms with Gasteiger partial charge in [-0.2, -0.15) is 0 Å². The summed E-state index contributed by atoms with van der Waals surface area (Å²) in [5.74, 6) is 0. The van der Waals surface area contributed by atoms with Gasteiger partial charge in [0.05, 0.1) is 24.0 Å². The lowest BCUT2D eigenvalue weighted by molar-refractivity contribution is 0.144. The van der Waals surface area contributed by atoms with E-state index in [9.17, 15) is 0 Å². The summed E-state index contributed by atoms with van der Waals surface area (Å²) in [4.78, 5) is 0. The Morgan fingerprint density at radius 2 is 2.47 bits per heavy atom. The standard InChI is InChI=1S/C10H18N4O/c1-3-8(7-15-2)14-10-4-5-11-6-9(10)12-13-14/h8,11H,3-7H2,1-2H3. The van der Waals surface area contributed by atoms with E-state index in [1.807, 2.05) is 4.68 Å². The number of hydrogen-bond donors (Lipinski definition) is 1. The van der Waals surface area contributed by atoms with E-state index >= 15 is 0 Å². The Labute approximate surface area is 89.8 Å². The molecule has 1 N–H and O–H groups in total. The third kappa shape index (κ3) is 2.03. The first-order chi connectivity index (χ1) is 7.36. The van der Waals surface area contributed by atoms with Crippen molar-refractivity contribution in [1.82, 2.24) is 20.3 Å². The van der Waals surface area contributed by atoms with Crippen LogP contribution in [0.25, 0.3) is 0 Å². The fourth-order valence-electron chi connectivity index (χ4n) is 2.00. The normalized spacial score (nSPS) is 17.5. The fourth-order valence-corrected chi connectivity index (χ4v) is 2.00. The summed E-state index contributed by atoms with van der Waals surface area (Å²) >= 11 is 0. The van der Waals surface area contributed by atoms with Crippen LogP contribution in [0, 0.1) is 0 Å². The van der Waals surface area contributed by atoms with Crippen molar-refractivity contribution in [2.75, 3.05) is 20.3 Å². The molecule has 5 nitrogen and oxygen atoms in total. The average Bonchev–Trinajstić information content (AvgIpc) is 2.70. The molecule has 0 saturated heterocycles. The van der Waals surface area contributed by atoms with Crippen LogP contribution in [0.2, 0.25) is 0 Å². The Morgan fingerprint density at radius 3 is 3.20 bits per heavy atom. The van der Waals surface area contributed by atoms with Gasteiger partial charge in [0.1, 0.15) is 0 Å². The van der Waals surface area contributed by atoms with Crippen molar-refractivity contribution in [2.45, 2.75) is 32.4 Å². The number of rotatable bonds is 4. The smallest absolute Gasteiger partial charge is 0.0997 e. The maximum absolute atomic E-state index is 5.21. The second kappa shape index (κ2) is 4.72. The second-order valence-electron chi connectivity index (χ2n) is 3.87. The predicted octanol–water partition coefficient (Wildman–Crippen LogP) is 0.521. The topological polar surface area (TPSA) is 52.0 Å². The van der Waals surface area contributed by atoms with Gasteiger partial charge >= 0.3 is 0 Å². The van der Waals surface area contributed by atoms with Crippen molar-refractivity contribution < 1.29 is 4.74 Å². The molecule has 1 unspecified atom stereocenters. The monoisotopic (exact) mass is 210 g/mol. The van der Waals surface area contributed by atoms with E-state index in [1.165, 1.54) is 5.69 Å². The number of aromatic nitrogens is 3. The minimum Gasteiger partial charge on any atom is -0.382 e. The number of methoxy groups -OCH3 is 1. The van der Waals surface area contributed by atoms with Crippen molar-refractivity contribution in [3.05, 3.63) is 11.4 Å². The van der Waals surface area contributed by atoms with Gasteiger partial charge in [-0.3, -0.25) is 0 Å². The van der Waals surface area contributed by atoms with Gasteiger partial charge < -0.3 is 10.1 Å². The molecule has 5 heteroatoms. The minimum absolute atomic E-state index is 0.323. The number of nitrogens with zero attached hydrogens (tertiary/aromatic N) is 3. The number of hydrogen-bond acceptors (Lipinski definition) is 4. The van der Waals surface area contributed by atoms with Gasteiger partial charge in [-0.1, -0.05) is 12.1 Å². The van der Waals surface area contributed by atoms with Gasteiger partial charge in [0.25, 0.3) is 0 Å². The van der Waals surface area contributed by atoms with E-state index < -0.39 is 0 Å². The van der Waals surface area contributed by atoms with Crippen LogP contribution >= 0.6 is 0 Å². The fraction of sp³-hybridized carbons (Fsp3) is 0.800. The van der Waals surface area contributed by atoms with Crippen molar-refractivity contribution in [3.8, 4) is 0 Å². The summed E-state index contributed by atoms with van der Waals surface area (Å²) in [7, 11) is 1.73. The molecule has 0 aliphatic carbocycles. The Kier molecular flexibility index (Phi) is 3.33. The summed E-state index contributed by atoms with van der Waals surface area (Å²) in [5, 5.41) is 11.7. The lowest BCUT2D eigenvalue weighted by Crippen LogP contribution is -2.27. The quantitative estimate of drug-likeness (QED) is 0.787. The van der Waals surface area contributed by atoms with Crippen molar-refractivity contribution in [3.63, 3.8) is 0 Å². The van der Waals surface area contributed by atoms with Gasteiger partial charge in [0.2, 0.25) is 0 Å². The molecule has 0 saturated carbocycles. The molecular weight excluding hydrogens is 192 g/mol. The van der Waals surface area contributed by atoms with Crippen molar-refractivity contribution in [2.24, 2.45) is 0 Å². The van der Waals surface area contributed by atoms with Gasteiger partial charge in [-0.25, -0.2) is 4.68 Å². The zero-order valence-corrected chi connectivity index (χ0v) is 9.36. The summed E-state index contributed by atoms with van der Waals surface area (Å²) in [6, 6.07) is 0.323. The van der Waals surface area contributed by atoms with E-state index in [1.54, 1.807) is 7.11 Å². The van der Waals surface area contributed by atoms with E-state index in [2.05, 4.69) is 22.6 Å². The molecule has 0 aromatic carbocycles. The van der Waals surface area contributed by atoms with Crippen LogP contribution in [-0.4, -0.2) is 35.3 Å². The molecule has 2 rings (SSSR count). The van der Waals surface area contributed by atoms with Crippen molar-refractivity contribution in [1.29, 1.82) is 0 Å². The first-order valence-corrected chi connectivity index (χ1v) is 5.49. The third-order valence-corrected chi connectivity index (χ3v) is 2.88. The molecule has 1 aliphatic heterocycles. The average molecular weight is 210 g/mol. The number of nitrogens with one attached hydrogen (secondary N) is 1. The van der Waals surface area contributed by atoms with Crippen LogP contribution in [0.4, 0.5) is 0 Å². The molecule has 0 bridgehead atoms. The summed E-state index contributed by atoms with van der Waals surface area (Å²) in [6.07, 6.45) is 2.04. The highest BCUT2D eigenvalue weighted by molar-refractivity contribution is 5.14. The van der Waals surface area contributed by atoms with Crippen LogP contribution in [0.15, 0.2) is 0 Å². The molecule has 0 spiro atoms. The zero-order valence-electron chi connectivity index (χ0n) is 9.36. The SMILES string of the molecule is CCC(COC)n1nnc2c1CCNC2. The van der Waals surface area contributed by atoms with E-state index in [0.29, 0.717) is 12.6 Å². The minimum atomic E-state index is 0.323. The lowest BCUT2D eigenvalue weighted by atomic mass is 10.1. The highest BCUT2D eigenvalue weighted by atomic mass is 16.5. The second-order valence-corrected chi connectivity index (χ2v) is 3.87. The van der Waals surface area contributed by atoms with Crippen LogP contribution in [0.3, 0.4) is 0 Å². The molecule has 2 heterocycles. The first kappa shape index (κ1) is 10.6.